The lowest BCUT2D eigenvalue weighted by Crippen LogP contribution is -2.26. The van der Waals surface area contributed by atoms with Crippen LogP contribution in [-0.2, 0) is 10.0 Å². The van der Waals surface area contributed by atoms with E-state index in [1.807, 2.05) is 0 Å². The molecule has 0 amide bonds. The molecule has 16 heavy (non-hydrogen) atoms. The quantitative estimate of drug-likeness (QED) is 0.808. The van der Waals surface area contributed by atoms with E-state index in [1.165, 1.54) is 12.1 Å². The molecule has 0 atom stereocenters. The molecule has 1 aromatic rings. The van der Waals surface area contributed by atoms with E-state index in [-0.39, 0.29) is 9.92 Å². The van der Waals surface area contributed by atoms with Crippen molar-refractivity contribution in [2.75, 3.05) is 12.3 Å². The van der Waals surface area contributed by atoms with Crippen LogP contribution in [0.15, 0.2) is 23.1 Å². The number of nitrogens with one attached hydrogen (secondary N) is 1. The highest BCUT2D eigenvalue weighted by Crippen LogP contribution is 2.29. The van der Waals surface area contributed by atoms with Gasteiger partial charge in [-0.15, -0.1) is 0 Å². The van der Waals surface area contributed by atoms with Crippen LogP contribution in [0.2, 0.25) is 5.02 Å². The van der Waals surface area contributed by atoms with Crippen LogP contribution in [0, 0.1) is 5.92 Å². The predicted octanol–water partition coefficient (Wildman–Crippen LogP) is 1.61. The lowest BCUT2D eigenvalue weighted by atomic mass is 10.3. The third-order valence-electron chi connectivity index (χ3n) is 2.50. The Hall–Kier alpha value is -0.780. The molecule has 0 unspecified atom stereocenters. The number of anilines is 1. The Morgan fingerprint density at radius 3 is 2.75 bits per heavy atom. The fourth-order valence-corrected chi connectivity index (χ4v) is 3.00. The monoisotopic (exact) mass is 260 g/mol. The molecule has 1 aliphatic carbocycles. The van der Waals surface area contributed by atoms with Gasteiger partial charge in [0.2, 0.25) is 10.0 Å². The number of halogens is 1. The van der Waals surface area contributed by atoms with Gasteiger partial charge in [0.15, 0.2) is 0 Å². The summed E-state index contributed by atoms with van der Waals surface area (Å²) < 4.78 is 26.3. The maximum absolute atomic E-state index is 11.9. The summed E-state index contributed by atoms with van der Waals surface area (Å²) >= 11 is 5.84. The van der Waals surface area contributed by atoms with Crippen molar-refractivity contribution < 1.29 is 8.42 Å². The molecule has 0 bridgehead atoms. The molecule has 0 saturated heterocycles. The average Bonchev–Trinajstić information content (AvgIpc) is 3.02. The zero-order valence-corrected chi connectivity index (χ0v) is 10.2. The summed E-state index contributed by atoms with van der Waals surface area (Å²) in [5.41, 5.74) is 5.93. The number of hydrogen-bond acceptors (Lipinski definition) is 3. The zero-order chi connectivity index (χ0) is 11.8. The Kier molecular flexibility index (Phi) is 3.10. The highest BCUT2D eigenvalue weighted by atomic mass is 35.5. The zero-order valence-electron chi connectivity index (χ0n) is 8.61. The molecule has 4 nitrogen and oxygen atoms in total. The van der Waals surface area contributed by atoms with Crippen molar-refractivity contribution in [3.8, 4) is 0 Å². The van der Waals surface area contributed by atoms with E-state index in [0.717, 1.165) is 12.8 Å². The van der Waals surface area contributed by atoms with Crippen LogP contribution in [0.3, 0.4) is 0 Å². The van der Waals surface area contributed by atoms with Crippen molar-refractivity contribution in [1.29, 1.82) is 0 Å². The van der Waals surface area contributed by atoms with Gasteiger partial charge in [-0.05, 0) is 37.0 Å². The largest absolute Gasteiger partial charge is 0.399 e. The van der Waals surface area contributed by atoms with Gasteiger partial charge in [0.05, 0.1) is 5.02 Å². The van der Waals surface area contributed by atoms with Gasteiger partial charge in [0.1, 0.15) is 4.90 Å². The second-order valence-corrected chi connectivity index (χ2v) is 6.13. The molecular weight excluding hydrogens is 248 g/mol. The molecule has 0 radical (unpaired) electrons. The SMILES string of the molecule is Nc1ccc(Cl)c(S(=O)(=O)NCC2CC2)c1. The molecule has 3 N–H and O–H groups in total. The van der Waals surface area contributed by atoms with Crippen LogP contribution >= 0.6 is 11.6 Å². The number of hydrogen-bond donors (Lipinski definition) is 2. The van der Waals surface area contributed by atoms with Gasteiger partial charge in [-0.2, -0.15) is 0 Å². The number of nitrogen functional groups attached to an aromatic ring is 1. The molecule has 1 aliphatic rings. The van der Waals surface area contributed by atoms with Gasteiger partial charge < -0.3 is 5.73 Å². The van der Waals surface area contributed by atoms with Crippen LogP contribution in [0.25, 0.3) is 0 Å². The molecule has 1 fully saturated rings. The molecule has 0 spiro atoms. The van der Waals surface area contributed by atoms with E-state index in [0.29, 0.717) is 18.2 Å². The molecule has 2 rings (SSSR count). The van der Waals surface area contributed by atoms with Gasteiger partial charge >= 0.3 is 0 Å². The molecule has 1 aromatic carbocycles. The Morgan fingerprint density at radius 2 is 2.12 bits per heavy atom. The minimum absolute atomic E-state index is 0.0508. The molecular formula is C10H13ClN2O2S. The van der Waals surface area contributed by atoms with Crippen LogP contribution in [0.5, 0.6) is 0 Å². The van der Waals surface area contributed by atoms with Crippen LogP contribution in [0.4, 0.5) is 5.69 Å². The summed E-state index contributed by atoms with van der Waals surface area (Å²) in [6, 6.07) is 4.43. The molecule has 1 saturated carbocycles. The summed E-state index contributed by atoms with van der Waals surface area (Å²) in [6.07, 6.45) is 2.18. The summed E-state index contributed by atoms with van der Waals surface area (Å²) in [7, 11) is -3.53. The third kappa shape index (κ3) is 2.66. The first-order valence-corrected chi connectivity index (χ1v) is 6.90. The van der Waals surface area contributed by atoms with Crippen molar-refractivity contribution in [1.82, 2.24) is 4.72 Å². The lowest BCUT2D eigenvalue weighted by Gasteiger charge is -2.08. The molecule has 6 heteroatoms. The Bertz CT molecular complexity index is 498. The van der Waals surface area contributed by atoms with E-state index in [2.05, 4.69) is 4.72 Å². The summed E-state index contributed by atoms with van der Waals surface area (Å²) in [5.74, 6) is 0.481. The topological polar surface area (TPSA) is 72.2 Å². The highest BCUT2D eigenvalue weighted by molar-refractivity contribution is 7.89. The van der Waals surface area contributed by atoms with Crippen molar-refractivity contribution in [2.24, 2.45) is 5.92 Å². The second kappa shape index (κ2) is 4.24. The standard InChI is InChI=1S/C10H13ClN2O2S/c11-9-4-3-8(12)5-10(9)16(14,15)13-6-7-1-2-7/h3-5,7,13H,1-2,6,12H2. The van der Waals surface area contributed by atoms with E-state index in [9.17, 15) is 8.42 Å². The van der Waals surface area contributed by atoms with Crippen molar-refractivity contribution >= 4 is 27.3 Å². The maximum atomic E-state index is 11.9. The first-order valence-electron chi connectivity index (χ1n) is 5.04. The fraction of sp³-hybridized carbons (Fsp3) is 0.400. The summed E-state index contributed by atoms with van der Waals surface area (Å²) in [6.45, 7) is 0.480. The van der Waals surface area contributed by atoms with E-state index in [1.54, 1.807) is 6.07 Å². The Balaban J connectivity index is 2.22. The van der Waals surface area contributed by atoms with E-state index < -0.39 is 10.0 Å². The number of nitrogens with two attached hydrogens (primary N) is 1. The van der Waals surface area contributed by atoms with Crippen LogP contribution in [-0.4, -0.2) is 15.0 Å². The highest BCUT2D eigenvalue weighted by Gasteiger charge is 2.25. The first kappa shape index (κ1) is 11.7. The number of sulfonamides is 1. The van der Waals surface area contributed by atoms with Gasteiger partial charge in [0, 0.05) is 12.2 Å². The van der Waals surface area contributed by atoms with Gasteiger partial charge in [0.25, 0.3) is 0 Å². The molecule has 88 valence electrons. The molecule has 0 aliphatic heterocycles. The van der Waals surface area contributed by atoms with Gasteiger partial charge in [-0.1, -0.05) is 11.6 Å². The summed E-state index contributed by atoms with van der Waals surface area (Å²) in [5, 5.41) is 0.192. The smallest absolute Gasteiger partial charge is 0.242 e. The van der Waals surface area contributed by atoms with Crippen LogP contribution in [0.1, 0.15) is 12.8 Å². The predicted molar refractivity (Wildman–Crippen MR) is 63.8 cm³/mol. The van der Waals surface area contributed by atoms with Gasteiger partial charge in [-0.3, -0.25) is 0 Å². The average molecular weight is 261 g/mol. The molecule has 0 aromatic heterocycles. The first-order chi connectivity index (χ1) is 7.49. The van der Waals surface area contributed by atoms with Crippen LogP contribution < -0.4 is 10.5 Å². The van der Waals surface area contributed by atoms with E-state index in [4.69, 9.17) is 17.3 Å². The van der Waals surface area contributed by atoms with E-state index >= 15 is 0 Å². The lowest BCUT2D eigenvalue weighted by molar-refractivity contribution is 0.577. The fourth-order valence-electron chi connectivity index (χ4n) is 1.35. The molecule has 0 heterocycles. The second-order valence-electron chi connectivity index (χ2n) is 3.99. The number of benzene rings is 1. The number of rotatable bonds is 4. The minimum atomic E-state index is -3.53. The third-order valence-corrected chi connectivity index (χ3v) is 4.41. The normalized spacial score (nSPS) is 16.3. The Morgan fingerprint density at radius 1 is 1.44 bits per heavy atom. The minimum Gasteiger partial charge on any atom is -0.399 e. The van der Waals surface area contributed by atoms with Gasteiger partial charge in [-0.25, -0.2) is 13.1 Å². The Labute approximate surface area is 99.8 Å². The van der Waals surface area contributed by atoms with Crippen molar-refractivity contribution in [3.63, 3.8) is 0 Å². The van der Waals surface area contributed by atoms with Crippen molar-refractivity contribution in [3.05, 3.63) is 23.2 Å². The maximum Gasteiger partial charge on any atom is 0.242 e. The summed E-state index contributed by atoms with van der Waals surface area (Å²) in [4.78, 5) is 0.0508. The van der Waals surface area contributed by atoms with Crippen molar-refractivity contribution in [2.45, 2.75) is 17.7 Å².